The molecule has 108 valence electrons. The Hall–Kier alpha value is -0.930. The molecule has 2 unspecified atom stereocenters. The van der Waals surface area contributed by atoms with Crippen molar-refractivity contribution in [2.45, 2.75) is 70.3 Å². The highest BCUT2D eigenvalue weighted by Gasteiger charge is 2.31. The lowest BCUT2D eigenvalue weighted by atomic mass is 9.93. The molecule has 2 atom stereocenters. The van der Waals surface area contributed by atoms with E-state index in [4.69, 9.17) is 0 Å². The Morgan fingerprint density at radius 3 is 2.74 bits per heavy atom. The molecule has 0 aliphatic heterocycles. The number of allylic oxidation sites excluding steroid dienone is 2. The van der Waals surface area contributed by atoms with E-state index in [0.29, 0.717) is 25.3 Å². The number of rotatable bonds is 6. The first kappa shape index (κ1) is 14.5. The molecule has 1 fully saturated rings. The van der Waals surface area contributed by atoms with Gasteiger partial charge in [0.15, 0.2) is 0 Å². The van der Waals surface area contributed by atoms with E-state index in [0.717, 1.165) is 31.4 Å². The standard InChI is InChI=1S/C15H23F2NO/c1-2-7-18(14-4-5-14)15(19)6-3-11-8-12(16)10-13(17)9-11/h8,12-14H,2-7,9-10H2,1H3. The van der Waals surface area contributed by atoms with Crippen molar-refractivity contribution in [3.05, 3.63) is 11.6 Å². The summed E-state index contributed by atoms with van der Waals surface area (Å²) in [5.41, 5.74) is 0.770. The molecule has 0 aromatic rings. The number of carbonyl (C=O) groups is 1. The van der Waals surface area contributed by atoms with Crippen LogP contribution in [0.4, 0.5) is 8.78 Å². The maximum Gasteiger partial charge on any atom is 0.223 e. The fraction of sp³-hybridized carbons (Fsp3) is 0.800. The number of halogens is 2. The predicted octanol–water partition coefficient (Wildman–Crippen LogP) is 3.56. The van der Waals surface area contributed by atoms with E-state index in [-0.39, 0.29) is 12.3 Å². The van der Waals surface area contributed by atoms with Crippen molar-refractivity contribution in [1.29, 1.82) is 0 Å². The molecule has 2 aliphatic rings. The van der Waals surface area contributed by atoms with Gasteiger partial charge >= 0.3 is 0 Å². The van der Waals surface area contributed by atoms with E-state index >= 15 is 0 Å². The number of hydrogen-bond acceptors (Lipinski definition) is 1. The Morgan fingerprint density at radius 1 is 1.42 bits per heavy atom. The second-order valence-corrected chi connectivity index (χ2v) is 5.70. The van der Waals surface area contributed by atoms with Crippen molar-refractivity contribution in [3.63, 3.8) is 0 Å². The van der Waals surface area contributed by atoms with Crippen LogP contribution in [0.2, 0.25) is 0 Å². The maximum atomic E-state index is 13.2. The highest BCUT2D eigenvalue weighted by Crippen LogP contribution is 2.29. The molecule has 2 nitrogen and oxygen atoms in total. The Balaban J connectivity index is 1.82. The van der Waals surface area contributed by atoms with Crippen molar-refractivity contribution in [2.24, 2.45) is 0 Å². The van der Waals surface area contributed by atoms with Gasteiger partial charge in [-0.25, -0.2) is 8.78 Å². The molecule has 4 heteroatoms. The number of alkyl halides is 2. The number of carbonyl (C=O) groups excluding carboxylic acids is 1. The number of nitrogens with zero attached hydrogens (tertiary/aromatic N) is 1. The third kappa shape index (κ3) is 4.29. The van der Waals surface area contributed by atoms with Gasteiger partial charge in [0.1, 0.15) is 12.3 Å². The zero-order valence-electron chi connectivity index (χ0n) is 11.6. The minimum absolute atomic E-state index is 0.0263. The third-order valence-electron chi connectivity index (χ3n) is 3.81. The van der Waals surface area contributed by atoms with Crippen LogP contribution in [0.5, 0.6) is 0 Å². The third-order valence-corrected chi connectivity index (χ3v) is 3.81. The Bertz CT molecular complexity index is 352. The van der Waals surface area contributed by atoms with Gasteiger partial charge in [-0.3, -0.25) is 4.79 Å². The molecule has 0 radical (unpaired) electrons. The van der Waals surface area contributed by atoms with E-state index < -0.39 is 12.3 Å². The van der Waals surface area contributed by atoms with Gasteiger partial charge in [-0.05, 0) is 32.1 Å². The smallest absolute Gasteiger partial charge is 0.223 e. The van der Waals surface area contributed by atoms with Gasteiger partial charge in [0.05, 0.1) is 0 Å². The van der Waals surface area contributed by atoms with Gasteiger partial charge in [-0.2, -0.15) is 0 Å². The summed E-state index contributed by atoms with van der Waals surface area (Å²) in [6.07, 6.45) is 3.58. The topological polar surface area (TPSA) is 20.3 Å². The molecule has 1 amide bonds. The molecule has 0 aromatic heterocycles. The molecular formula is C15H23F2NO. The van der Waals surface area contributed by atoms with E-state index in [1.54, 1.807) is 0 Å². The normalized spacial score (nSPS) is 27.0. The minimum atomic E-state index is -1.18. The van der Waals surface area contributed by atoms with Crippen molar-refractivity contribution >= 4 is 5.91 Å². The van der Waals surface area contributed by atoms with Gasteiger partial charge in [0.25, 0.3) is 0 Å². The number of hydrogen-bond donors (Lipinski definition) is 0. The molecule has 0 bridgehead atoms. The SMILES string of the molecule is CCCN(C(=O)CCC1=CC(F)CC(F)C1)C1CC1. The molecule has 19 heavy (non-hydrogen) atoms. The lowest BCUT2D eigenvalue weighted by Crippen LogP contribution is -2.33. The first-order valence-electron chi connectivity index (χ1n) is 7.37. The first-order chi connectivity index (χ1) is 9.10. The predicted molar refractivity (Wildman–Crippen MR) is 71.4 cm³/mol. The summed E-state index contributed by atoms with van der Waals surface area (Å²) in [6, 6.07) is 0.427. The average Bonchev–Trinajstić information content (AvgIpc) is 3.16. The summed E-state index contributed by atoms with van der Waals surface area (Å²) in [4.78, 5) is 14.1. The number of amides is 1. The summed E-state index contributed by atoms with van der Waals surface area (Å²) >= 11 is 0. The van der Waals surface area contributed by atoms with Crippen LogP contribution in [0, 0.1) is 0 Å². The van der Waals surface area contributed by atoms with Gasteiger partial charge in [0, 0.05) is 25.4 Å². The van der Waals surface area contributed by atoms with Crippen molar-refractivity contribution < 1.29 is 13.6 Å². The maximum absolute atomic E-state index is 13.2. The average molecular weight is 271 g/mol. The summed E-state index contributed by atoms with van der Waals surface area (Å²) in [5.74, 6) is 0.140. The van der Waals surface area contributed by atoms with Crippen LogP contribution in [-0.4, -0.2) is 35.7 Å². The molecule has 0 N–H and O–H groups in total. The van der Waals surface area contributed by atoms with Crippen LogP contribution in [0.3, 0.4) is 0 Å². The van der Waals surface area contributed by atoms with Gasteiger partial charge in [-0.15, -0.1) is 0 Å². The van der Waals surface area contributed by atoms with Crippen LogP contribution < -0.4 is 0 Å². The lowest BCUT2D eigenvalue weighted by Gasteiger charge is -2.23. The fourth-order valence-electron chi connectivity index (χ4n) is 2.74. The van der Waals surface area contributed by atoms with Crippen molar-refractivity contribution in [3.8, 4) is 0 Å². The van der Waals surface area contributed by atoms with E-state index in [1.807, 2.05) is 4.90 Å². The Labute approximate surface area is 113 Å². The monoisotopic (exact) mass is 271 g/mol. The van der Waals surface area contributed by atoms with Gasteiger partial charge in [-0.1, -0.05) is 18.6 Å². The summed E-state index contributed by atoms with van der Waals surface area (Å²) in [5, 5.41) is 0. The largest absolute Gasteiger partial charge is 0.340 e. The van der Waals surface area contributed by atoms with Crippen molar-refractivity contribution in [1.82, 2.24) is 4.90 Å². The van der Waals surface area contributed by atoms with E-state index in [2.05, 4.69) is 6.92 Å². The molecule has 2 aliphatic carbocycles. The zero-order valence-corrected chi connectivity index (χ0v) is 11.6. The summed E-state index contributed by atoms with van der Waals surface area (Å²) in [6.45, 7) is 2.87. The van der Waals surface area contributed by atoms with Crippen LogP contribution in [-0.2, 0) is 4.79 Å². The van der Waals surface area contributed by atoms with E-state index in [9.17, 15) is 13.6 Å². The summed E-state index contributed by atoms with van der Waals surface area (Å²) < 4.78 is 26.5. The summed E-state index contributed by atoms with van der Waals surface area (Å²) in [7, 11) is 0. The zero-order chi connectivity index (χ0) is 13.8. The second-order valence-electron chi connectivity index (χ2n) is 5.70. The van der Waals surface area contributed by atoms with Gasteiger partial charge in [0.2, 0.25) is 5.91 Å². The Kier molecular flexibility index (Phi) is 4.94. The molecule has 1 saturated carbocycles. The van der Waals surface area contributed by atoms with Crippen LogP contribution >= 0.6 is 0 Å². The molecule has 2 rings (SSSR count). The van der Waals surface area contributed by atoms with Crippen LogP contribution in [0.25, 0.3) is 0 Å². The molecule has 0 heterocycles. The fourth-order valence-corrected chi connectivity index (χ4v) is 2.74. The van der Waals surface area contributed by atoms with Crippen LogP contribution in [0.1, 0.15) is 51.9 Å². The first-order valence-corrected chi connectivity index (χ1v) is 7.37. The highest BCUT2D eigenvalue weighted by atomic mass is 19.1. The quantitative estimate of drug-likeness (QED) is 0.676. The molecular weight excluding hydrogens is 248 g/mol. The molecule has 0 spiro atoms. The van der Waals surface area contributed by atoms with E-state index in [1.165, 1.54) is 6.08 Å². The van der Waals surface area contributed by atoms with Crippen LogP contribution in [0.15, 0.2) is 11.6 Å². The highest BCUT2D eigenvalue weighted by molar-refractivity contribution is 5.77. The minimum Gasteiger partial charge on any atom is -0.340 e. The van der Waals surface area contributed by atoms with Gasteiger partial charge < -0.3 is 4.90 Å². The Morgan fingerprint density at radius 2 is 2.16 bits per heavy atom. The molecule has 0 aromatic carbocycles. The second kappa shape index (κ2) is 6.49. The molecule has 0 saturated heterocycles. The van der Waals surface area contributed by atoms with Crippen molar-refractivity contribution in [2.75, 3.05) is 6.54 Å². The lowest BCUT2D eigenvalue weighted by molar-refractivity contribution is -0.131.